The third kappa shape index (κ3) is 4.45. The normalized spacial score (nSPS) is 28.1. The first kappa shape index (κ1) is 17.7. The Morgan fingerprint density at radius 2 is 2.13 bits per heavy atom. The zero-order valence-corrected chi connectivity index (χ0v) is 14.6. The average Bonchev–Trinajstić information content (AvgIpc) is 2.35. The summed E-state index contributed by atoms with van der Waals surface area (Å²) in [6.45, 7) is 11.9. The smallest absolute Gasteiger partial charge is 0.337 e. The maximum Gasteiger partial charge on any atom is 0.337 e. The van der Waals surface area contributed by atoms with E-state index in [2.05, 4.69) is 15.5 Å². The molecule has 7 heteroatoms. The predicted molar refractivity (Wildman–Crippen MR) is 85.9 cm³/mol. The maximum atomic E-state index is 12.2. The molecule has 23 heavy (non-hydrogen) atoms. The van der Waals surface area contributed by atoms with Crippen molar-refractivity contribution in [1.29, 1.82) is 0 Å². The topological polar surface area (TPSA) is 79.9 Å². The maximum absolute atomic E-state index is 12.2. The number of ether oxygens (including phenoxy) is 2. The Kier molecular flexibility index (Phi) is 5.31. The standard InChI is InChI=1S/C16H27N3O4/c1-6-22-14(20)13-11(3)17-15(21)18-12(13)8-19-7-10(2)23-16(4,5)9-19/h10-11H,6-9H2,1-5H3,(H2,17,18,21). The molecule has 1 fully saturated rings. The van der Waals surface area contributed by atoms with Gasteiger partial charge in [0.05, 0.1) is 29.9 Å². The van der Waals surface area contributed by atoms with Crippen molar-refractivity contribution in [1.82, 2.24) is 15.5 Å². The monoisotopic (exact) mass is 325 g/mol. The summed E-state index contributed by atoms with van der Waals surface area (Å²) in [5.41, 5.74) is 0.846. The third-order valence-corrected chi connectivity index (χ3v) is 3.89. The van der Waals surface area contributed by atoms with Crippen LogP contribution in [0.15, 0.2) is 11.3 Å². The molecule has 2 aliphatic rings. The largest absolute Gasteiger partial charge is 0.463 e. The number of hydrogen-bond donors (Lipinski definition) is 2. The molecule has 1 saturated heterocycles. The van der Waals surface area contributed by atoms with E-state index in [9.17, 15) is 9.59 Å². The van der Waals surface area contributed by atoms with Crippen molar-refractivity contribution in [3.8, 4) is 0 Å². The van der Waals surface area contributed by atoms with E-state index < -0.39 is 0 Å². The number of amides is 2. The number of nitrogens with one attached hydrogen (secondary N) is 2. The lowest BCUT2D eigenvalue weighted by atomic mass is 10.0. The molecule has 2 aliphatic heterocycles. The van der Waals surface area contributed by atoms with Gasteiger partial charge < -0.3 is 20.1 Å². The van der Waals surface area contributed by atoms with Crippen molar-refractivity contribution >= 4 is 12.0 Å². The third-order valence-electron chi connectivity index (χ3n) is 3.89. The molecule has 0 radical (unpaired) electrons. The van der Waals surface area contributed by atoms with E-state index in [1.165, 1.54) is 0 Å². The molecule has 0 aromatic rings. The molecule has 0 aromatic carbocycles. The van der Waals surface area contributed by atoms with Crippen molar-refractivity contribution in [3.63, 3.8) is 0 Å². The molecule has 2 rings (SSSR count). The van der Waals surface area contributed by atoms with Gasteiger partial charge in [-0.3, -0.25) is 4.90 Å². The van der Waals surface area contributed by atoms with Crippen LogP contribution >= 0.6 is 0 Å². The first-order chi connectivity index (χ1) is 10.7. The number of urea groups is 1. The van der Waals surface area contributed by atoms with E-state index in [1.54, 1.807) is 13.8 Å². The summed E-state index contributed by atoms with van der Waals surface area (Å²) >= 11 is 0. The molecule has 2 heterocycles. The van der Waals surface area contributed by atoms with E-state index in [-0.39, 0.29) is 29.7 Å². The summed E-state index contributed by atoms with van der Waals surface area (Å²) in [4.78, 5) is 26.2. The van der Waals surface area contributed by atoms with Gasteiger partial charge in [0.1, 0.15) is 0 Å². The van der Waals surface area contributed by atoms with Crippen LogP contribution in [-0.4, -0.2) is 60.9 Å². The van der Waals surface area contributed by atoms with Crippen molar-refractivity contribution in [2.45, 2.75) is 52.4 Å². The van der Waals surface area contributed by atoms with Gasteiger partial charge in [0.2, 0.25) is 0 Å². The molecule has 0 aromatic heterocycles. The van der Waals surface area contributed by atoms with Gasteiger partial charge in [-0.15, -0.1) is 0 Å². The van der Waals surface area contributed by atoms with Crippen molar-refractivity contribution in [2.75, 3.05) is 26.2 Å². The van der Waals surface area contributed by atoms with Gasteiger partial charge in [0.25, 0.3) is 0 Å². The van der Waals surface area contributed by atoms with Crippen LogP contribution < -0.4 is 10.6 Å². The summed E-state index contributed by atoms with van der Waals surface area (Å²) in [5, 5.41) is 5.48. The zero-order chi connectivity index (χ0) is 17.2. The Hall–Kier alpha value is -1.60. The lowest BCUT2D eigenvalue weighted by molar-refractivity contribution is -0.139. The summed E-state index contributed by atoms with van der Waals surface area (Å²) in [5.74, 6) is -0.386. The van der Waals surface area contributed by atoms with Crippen LogP contribution in [0, 0.1) is 0 Å². The Morgan fingerprint density at radius 3 is 2.74 bits per heavy atom. The van der Waals surface area contributed by atoms with Gasteiger partial charge in [0.15, 0.2) is 0 Å². The lowest BCUT2D eigenvalue weighted by Gasteiger charge is -2.42. The van der Waals surface area contributed by atoms with E-state index in [0.717, 1.165) is 13.1 Å². The molecule has 0 aliphatic carbocycles. The Bertz CT molecular complexity index is 515. The minimum absolute atomic E-state index is 0.0974. The fourth-order valence-corrected chi connectivity index (χ4v) is 3.33. The lowest BCUT2D eigenvalue weighted by Crippen LogP contribution is -2.55. The summed E-state index contributed by atoms with van der Waals surface area (Å²) in [6, 6.07) is -0.662. The second-order valence-corrected chi connectivity index (χ2v) is 6.79. The average molecular weight is 325 g/mol. The van der Waals surface area contributed by atoms with Gasteiger partial charge in [-0.25, -0.2) is 9.59 Å². The molecule has 0 spiro atoms. The number of carbonyl (C=O) groups excluding carboxylic acids is 2. The zero-order valence-electron chi connectivity index (χ0n) is 14.6. The quantitative estimate of drug-likeness (QED) is 0.754. The number of morpholine rings is 1. The first-order valence-corrected chi connectivity index (χ1v) is 8.09. The second kappa shape index (κ2) is 6.88. The minimum Gasteiger partial charge on any atom is -0.463 e. The van der Waals surface area contributed by atoms with Crippen LogP contribution in [0.2, 0.25) is 0 Å². The van der Waals surface area contributed by atoms with Gasteiger partial charge in [-0.05, 0) is 34.6 Å². The molecular formula is C16H27N3O4. The number of esters is 1. The number of nitrogens with zero attached hydrogens (tertiary/aromatic N) is 1. The van der Waals surface area contributed by atoms with Gasteiger partial charge in [-0.1, -0.05) is 0 Å². The first-order valence-electron chi connectivity index (χ1n) is 8.09. The van der Waals surface area contributed by atoms with Gasteiger partial charge >= 0.3 is 12.0 Å². The number of carbonyl (C=O) groups is 2. The Labute approximate surface area is 137 Å². The molecule has 130 valence electrons. The van der Waals surface area contributed by atoms with Crippen molar-refractivity contribution < 1.29 is 19.1 Å². The molecule has 2 atom stereocenters. The summed E-state index contributed by atoms with van der Waals surface area (Å²) < 4.78 is 11.0. The van der Waals surface area contributed by atoms with E-state index in [4.69, 9.17) is 9.47 Å². The van der Waals surface area contributed by atoms with E-state index in [0.29, 0.717) is 24.4 Å². The van der Waals surface area contributed by atoms with Crippen LogP contribution in [0.25, 0.3) is 0 Å². The van der Waals surface area contributed by atoms with E-state index in [1.807, 2.05) is 20.8 Å². The van der Waals surface area contributed by atoms with Gasteiger partial charge in [0, 0.05) is 25.3 Å². The number of hydrogen-bond acceptors (Lipinski definition) is 5. The second-order valence-electron chi connectivity index (χ2n) is 6.79. The van der Waals surface area contributed by atoms with Crippen LogP contribution in [0.3, 0.4) is 0 Å². The van der Waals surface area contributed by atoms with Crippen molar-refractivity contribution in [3.05, 3.63) is 11.3 Å². The molecule has 2 amide bonds. The molecule has 0 bridgehead atoms. The summed E-state index contributed by atoms with van der Waals surface area (Å²) in [7, 11) is 0. The van der Waals surface area contributed by atoms with Crippen molar-refractivity contribution in [2.24, 2.45) is 0 Å². The molecule has 2 N–H and O–H groups in total. The van der Waals surface area contributed by atoms with Crippen LogP contribution in [-0.2, 0) is 14.3 Å². The Morgan fingerprint density at radius 1 is 1.43 bits per heavy atom. The number of rotatable bonds is 4. The molecule has 0 saturated carbocycles. The fourth-order valence-electron chi connectivity index (χ4n) is 3.33. The van der Waals surface area contributed by atoms with Gasteiger partial charge in [-0.2, -0.15) is 0 Å². The highest BCUT2D eigenvalue weighted by Crippen LogP contribution is 2.23. The van der Waals surface area contributed by atoms with Crippen LogP contribution in [0.4, 0.5) is 4.79 Å². The minimum atomic E-state index is -0.386. The predicted octanol–water partition coefficient (Wildman–Crippen LogP) is 1.00. The molecule has 7 nitrogen and oxygen atoms in total. The van der Waals surface area contributed by atoms with Crippen LogP contribution in [0.1, 0.15) is 34.6 Å². The molecule has 2 unspecified atom stereocenters. The highest BCUT2D eigenvalue weighted by atomic mass is 16.5. The fraction of sp³-hybridized carbons (Fsp3) is 0.750. The Balaban J connectivity index is 2.23. The van der Waals surface area contributed by atoms with E-state index >= 15 is 0 Å². The SMILES string of the molecule is CCOC(=O)C1=C(CN2CC(C)OC(C)(C)C2)NC(=O)NC1C. The van der Waals surface area contributed by atoms with Crippen LogP contribution in [0.5, 0.6) is 0 Å². The highest BCUT2D eigenvalue weighted by molar-refractivity contribution is 5.94. The highest BCUT2D eigenvalue weighted by Gasteiger charge is 2.35. The molecular weight excluding hydrogens is 298 g/mol. The summed E-state index contributed by atoms with van der Waals surface area (Å²) in [6.07, 6.45) is 0.0974.